The van der Waals surface area contributed by atoms with Crippen LogP contribution in [0.3, 0.4) is 0 Å². The number of amides is 1. The van der Waals surface area contributed by atoms with Crippen LogP contribution in [0.5, 0.6) is 0 Å². The minimum atomic E-state index is -0.183. The molecule has 0 saturated heterocycles. The lowest BCUT2D eigenvalue weighted by molar-refractivity contribution is 0.102. The Kier molecular flexibility index (Phi) is 4.99. The van der Waals surface area contributed by atoms with Crippen LogP contribution in [-0.2, 0) is 12.2 Å². The van der Waals surface area contributed by atoms with Gasteiger partial charge < -0.3 is 0 Å². The van der Waals surface area contributed by atoms with E-state index in [9.17, 15) is 4.79 Å². The zero-order valence-electron chi connectivity index (χ0n) is 12.3. The van der Waals surface area contributed by atoms with Crippen molar-refractivity contribution in [2.75, 3.05) is 5.32 Å². The van der Waals surface area contributed by atoms with Crippen LogP contribution < -0.4 is 5.32 Å². The van der Waals surface area contributed by atoms with Gasteiger partial charge in [-0.2, -0.15) is 5.10 Å². The summed E-state index contributed by atoms with van der Waals surface area (Å²) in [5.41, 5.74) is 1.54. The van der Waals surface area contributed by atoms with Crippen LogP contribution in [0.15, 0.2) is 35.7 Å². The van der Waals surface area contributed by atoms with Gasteiger partial charge in [0.1, 0.15) is 11.3 Å². The molecule has 118 valence electrons. The molecule has 0 aliphatic rings. The molecule has 2 heterocycles. The fourth-order valence-electron chi connectivity index (χ4n) is 1.89. The molecule has 3 aromatic rings. The quantitative estimate of drug-likeness (QED) is 0.666. The van der Waals surface area contributed by atoms with E-state index in [2.05, 4.69) is 30.7 Å². The van der Waals surface area contributed by atoms with Crippen molar-refractivity contribution in [3.8, 4) is 0 Å². The predicted octanol–water partition coefficient (Wildman–Crippen LogP) is 2.76. The Morgan fingerprint density at radius 3 is 2.96 bits per heavy atom. The van der Waals surface area contributed by atoms with Crippen molar-refractivity contribution in [1.82, 2.24) is 25.4 Å². The van der Waals surface area contributed by atoms with Gasteiger partial charge in [-0.15, -0.1) is 10.2 Å². The van der Waals surface area contributed by atoms with E-state index in [0.29, 0.717) is 16.4 Å². The number of H-pyrrole nitrogens is 1. The van der Waals surface area contributed by atoms with Crippen molar-refractivity contribution in [3.63, 3.8) is 0 Å². The van der Waals surface area contributed by atoms with Crippen LogP contribution >= 0.6 is 23.1 Å². The van der Waals surface area contributed by atoms with E-state index in [1.165, 1.54) is 29.4 Å². The number of aromatic nitrogens is 5. The number of carbonyl (C=O) groups excluding carboxylic acids is 1. The summed E-state index contributed by atoms with van der Waals surface area (Å²) in [6.45, 7) is 2.00. The van der Waals surface area contributed by atoms with Gasteiger partial charge in [0, 0.05) is 11.3 Å². The molecule has 1 amide bonds. The zero-order chi connectivity index (χ0) is 16.1. The summed E-state index contributed by atoms with van der Waals surface area (Å²) in [5, 5.41) is 19.5. The third-order valence-corrected chi connectivity index (χ3v) is 4.92. The molecule has 2 aromatic heterocycles. The lowest BCUT2D eigenvalue weighted by atomic mass is 10.1. The average Bonchev–Trinajstić information content (AvgIpc) is 3.24. The second-order valence-corrected chi connectivity index (χ2v) is 6.57. The molecule has 9 heteroatoms. The molecule has 0 radical (unpaired) electrons. The number of rotatable bonds is 6. The smallest absolute Gasteiger partial charge is 0.257 e. The van der Waals surface area contributed by atoms with Crippen LogP contribution in [-0.4, -0.2) is 31.3 Å². The number of anilines is 1. The molecular formula is C14H14N6OS2. The number of nitrogens with zero attached hydrogens (tertiary/aromatic N) is 4. The van der Waals surface area contributed by atoms with Crippen molar-refractivity contribution in [3.05, 3.63) is 46.7 Å². The predicted molar refractivity (Wildman–Crippen MR) is 89.6 cm³/mol. The lowest BCUT2D eigenvalue weighted by Crippen LogP contribution is -2.13. The van der Waals surface area contributed by atoms with Gasteiger partial charge >= 0.3 is 0 Å². The first-order valence-electron chi connectivity index (χ1n) is 6.96. The molecule has 0 fully saturated rings. The van der Waals surface area contributed by atoms with Crippen LogP contribution in [0, 0.1) is 0 Å². The fraction of sp³-hybridized carbons (Fsp3) is 0.214. The highest BCUT2D eigenvalue weighted by molar-refractivity contribution is 7.98. The number of aryl methyl sites for hydroxylation is 1. The van der Waals surface area contributed by atoms with Crippen molar-refractivity contribution < 1.29 is 4.79 Å². The highest BCUT2D eigenvalue weighted by Crippen LogP contribution is 2.22. The lowest BCUT2D eigenvalue weighted by Gasteiger charge is -2.07. The molecule has 1 aromatic carbocycles. The standard InChI is InChI=1S/C14H14N6OS2/c1-2-11-18-20-14(23-11)17-12(21)10-6-4-3-5-9(10)7-22-13-15-8-16-19-13/h3-6,8H,2,7H2,1H3,(H,15,16,19)(H,17,20,21). The van der Waals surface area contributed by atoms with Crippen molar-refractivity contribution >= 4 is 34.1 Å². The van der Waals surface area contributed by atoms with Crippen molar-refractivity contribution in [1.29, 1.82) is 0 Å². The van der Waals surface area contributed by atoms with E-state index in [-0.39, 0.29) is 5.91 Å². The number of aromatic amines is 1. The van der Waals surface area contributed by atoms with Crippen LogP contribution in [0.25, 0.3) is 0 Å². The fourth-order valence-corrected chi connectivity index (χ4v) is 3.35. The molecule has 7 nitrogen and oxygen atoms in total. The number of hydrogen-bond donors (Lipinski definition) is 2. The van der Waals surface area contributed by atoms with Gasteiger partial charge in [0.15, 0.2) is 5.16 Å². The maximum absolute atomic E-state index is 12.5. The van der Waals surface area contributed by atoms with E-state index in [1.54, 1.807) is 6.07 Å². The second-order valence-electron chi connectivity index (χ2n) is 4.55. The van der Waals surface area contributed by atoms with Crippen molar-refractivity contribution in [2.45, 2.75) is 24.3 Å². The Morgan fingerprint density at radius 2 is 2.22 bits per heavy atom. The summed E-state index contributed by atoms with van der Waals surface area (Å²) in [4.78, 5) is 16.5. The molecule has 0 atom stereocenters. The number of nitrogens with one attached hydrogen (secondary N) is 2. The first kappa shape index (κ1) is 15.6. The molecule has 0 bridgehead atoms. The Balaban J connectivity index is 1.72. The highest BCUT2D eigenvalue weighted by Gasteiger charge is 2.14. The number of thioether (sulfide) groups is 1. The molecule has 0 unspecified atom stereocenters. The van der Waals surface area contributed by atoms with E-state index in [0.717, 1.165) is 22.1 Å². The first-order valence-corrected chi connectivity index (χ1v) is 8.76. The number of carbonyl (C=O) groups is 1. The normalized spacial score (nSPS) is 10.7. The Hall–Kier alpha value is -2.26. The van der Waals surface area contributed by atoms with Crippen LogP contribution in [0.1, 0.15) is 27.9 Å². The molecule has 23 heavy (non-hydrogen) atoms. The summed E-state index contributed by atoms with van der Waals surface area (Å²) in [6.07, 6.45) is 2.26. The summed E-state index contributed by atoms with van der Waals surface area (Å²) in [6, 6.07) is 7.48. The van der Waals surface area contributed by atoms with Gasteiger partial charge in [-0.1, -0.05) is 48.2 Å². The minimum Gasteiger partial charge on any atom is -0.296 e. The van der Waals surface area contributed by atoms with E-state index in [4.69, 9.17) is 0 Å². The first-order chi connectivity index (χ1) is 11.3. The third-order valence-electron chi connectivity index (χ3n) is 3.01. The summed E-state index contributed by atoms with van der Waals surface area (Å²) >= 11 is 2.88. The topological polar surface area (TPSA) is 96.5 Å². The molecule has 0 saturated carbocycles. The highest BCUT2D eigenvalue weighted by atomic mass is 32.2. The third kappa shape index (κ3) is 3.93. The SMILES string of the molecule is CCc1nnc(NC(=O)c2ccccc2CSc2ncn[nH]2)s1. The minimum absolute atomic E-state index is 0.183. The molecule has 3 rings (SSSR count). The largest absolute Gasteiger partial charge is 0.296 e. The van der Waals surface area contributed by atoms with Crippen LogP contribution in [0.4, 0.5) is 5.13 Å². The van der Waals surface area contributed by atoms with E-state index < -0.39 is 0 Å². The van der Waals surface area contributed by atoms with Gasteiger partial charge in [0.25, 0.3) is 5.91 Å². The zero-order valence-corrected chi connectivity index (χ0v) is 13.9. The average molecular weight is 346 g/mol. The molecule has 0 spiro atoms. The number of benzene rings is 1. The summed E-state index contributed by atoms with van der Waals surface area (Å²) in [5.74, 6) is 0.437. The van der Waals surface area contributed by atoms with Crippen molar-refractivity contribution in [2.24, 2.45) is 0 Å². The van der Waals surface area contributed by atoms with E-state index in [1.807, 2.05) is 25.1 Å². The Bertz CT molecular complexity index is 786. The van der Waals surface area contributed by atoms with Crippen LogP contribution in [0.2, 0.25) is 0 Å². The second kappa shape index (κ2) is 7.34. The maximum atomic E-state index is 12.5. The Labute approximate surface area is 141 Å². The summed E-state index contributed by atoms with van der Waals surface area (Å²) in [7, 11) is 0. The van der Waals surface area contributed by atoms with E-state index >= 15 is 0 Å². The number of hydrogen-bond acceptors (Lipinski definition) is 7. The molecular weight excluding hydrogens is 332 g/mol. The van der Waals surface area contributed by atoms with Gasteiger partial charge in [0.2, 0.25) is 5.13 Å². The summed E-state index contributed by atoms with van der Waals surface area (Å²) < 4.78 is 0. The molecule has 0 aliphatic carbocycles. The van der Waals surface area contributed by atoms with Gasteiger partial charge in [-0.05, 0) is 18.1 Å². The Morgan fingerprint density at radius 1 is 1.35 bits per heavy atom. The maximum Gasteiger partial charge on any atom is 0.257 e. The monoisotopic (exact) mass is 346 g/mol. The van der Waals surface area contributed by atoms with Gasteiger partial charge in [0.05, 0.1) is 0 Å². The molecule has 2 N–H and O–H groups in total. The molecule has 0 aliphatic heterocycles. The van der Waals surface area contributed by atoms with Gasteiger partial charge in [-0.3, -0.25) is 15.2 Å². The van der Waals surface area contributed by atoms with Gasteiger partial charge in [-0.25, -0.2) is 4.98 Å².